The molecule has 2 aliphatic heterocycles. The van der Waals surface area contributed by atoms with E-state index >= 15 is 0 Å². The molecule has 1 N–H and O–H groups in total. The van der Waals surface area contributed by atoms with Crippen LogP contribution in [-0.2, 0) is 4.74 Å². The van der Waals surface area contributed by atoms with E-state index in [-0.39, 0.29) is 0 Å². The van der Waals surface area contributed by atoms with Gasteiger partial charge in [-0.1, -0.05) is 0 Å². The number of hydrogen-bond donors (Lipinski definition) is 1. The second-order valence-corrected chi connectivity index (χ2v) is 4.09. The first-order chi connectivity index (χ1) is 6.42. The average Bonchev–Trinajstić information content (AvgIpc) is 2.68. The largest absolute Gasteiger partial charge is 0.383 e. The number of rotatable bonds is 4. The molecule has 0 bridgehead atoms. The topological polar surface area (TPSA) is 24.5 Å². The molecular formula is C10H20N2O. The first kappa shape index (κ1) is 9.44. The minimum absolute atomic E-state index is 0.734. The van der Waals surface area contributed by atoms with E-state index in [1.807, 2.05) is 0 Å². The van der Waals surface area contributed by atoms with E-state index in [1.54, 1.807) is 7.11 Å². The Balaban J connectivity index is 1.74. The maximum Gasteiger partial charge on any atom is 0.0587 e. The molecule has 0 aromatic rings. The van der Waals surface area contributed by atoms with Crippen LogP contribution in [0, 0.1) is 0 Å². The van der Waals surface area contributed by atoms with Gasteiger partial charge in [0.15, 0.2) is 0 Å². The minimum Gasteiger partial charge on any atom is -0.383 e. The lowest BCUT2D eigenvalue weighted by atomic mass is 10.1. The van der Waals surface area contributed by atoms with E-state index < -0.39 is 0 Å². The number of nitrogens with zero attached hydrogens (tertiary/aromatic N) is 1. The van der Waals surface area contributed by atoms with Gasteiger partial charge >= 0.3 is 0 Å². The third kappa shape index (κ3) is 2.03. The molecule has 3 nitrogen and oxygen atoms in total. The highest BCUT2D eigenvalue weighted by Crippen LogP contribution is 2.27. The van der Waals surface area contributed by atoms with Gasteiger partial charge in [0.25, 0.3) is 0 Å². The lowest BCUT2D eigenvalue weighted by molar-refractivity contribution is 0.192. The summed E-state index contributed by atoms with van der Waals surface area (Å²) >= 11 is 0. The highest BCUT2D eigenvalue weighted by Gasteiger charge is 2.36. The summed E-state index contributed by atoms with van der Waals surface area (Å²) in [5, 5.41) is 3.59. The maximum atomic E-state index is 5.04. The van der Waals surface area contributed by atoms with Crippen LogP contribution < -0.4 is 5.32 Å². The van der Waals surface area contributed by atoms with Gasteiger partial charge in [-0.05, 0) is 25.8 Å². The summed E-state index contributed by atoms with van der Waals surface area (Å²) in [6.07, 6.45) is 4.12. The first-order valence-electron chi connectivity index (χ1n) is 5.38. The van der Waals surface area contributed by atoms with Crippen molar-refractivity contribution in [2.75, 3.05) is 33.4 Å². The summed E-state index contributed by atoms with van der Waals surface area (Å²) in [4.78, 5) is 2.63. The van der Waals surface area contributed by atoms with Crippen molar-refractivity contribution >= 4 is 0 Å². The maximum absolute atomic E-state index is 5.04. The van der Waals surface area contributed by atoms with Crippen LogP contribution in [0.4, 0.5) is 0 Å². The average molecular weight is 184 g/mol. The number of nitrogens with one attached hydrogen (secondary N) is 1. The van der Waals surface area contributed by atoms with E-state index in [0.717, 1.165) is 25.2 Å². The van der Waals surface area contributed by atoms with Gasteiger partial charge in [0.2, 0.25) is 0 Å². The second-order valence-electron chi connectivity index (χ2n) is 4.09. The normalized spacial score (nSPS) is 33.9. The molecule has 0 aliphatic carbocycles. The fourth-order valence-corrected chi connectivity index (χ4v) is 2.67. The zero-order chi connectivity index (χ0) is 9.10. The van der Waals surface area contributed by atoms with Crippen molar-refractivity contribution in [2.24, 2.45) is 0 Å². The zero-order valence-electron chi connectivity index (χ0n) is 8.46. The molecular weight excluding hydrogens is 164 g/mol. The Bertz CT molecular complexity index is 163. The Morgan fingerprint density at radius 1 is 1.38 bits per heavy atom. The third-order valence-corrected chi connectivity index (χ3v) is 3.32. The molecule has 2 unspecified atom stereocenters. The fraction of sp³-hybridized carbons (Fsp3) is 1.00. The van der Waals surface area contributed by atoms with Gasteiger partial charge in [0.1, 0.15) is 0 Å². The van der Waals surface area contributed by atoms with Crippen molar-refractivity contribution in [3.05, 3.63) is 0 Å². The van der Waals surface area contributed by atoms with Gasteiger partial charge in [0, 0.05) is 32.3 Å². The van der Waals surface area contributed by atoms with E-state index in [1.165, 1.54) is 32.4 Å². The predicted molar refractivity (Wildman–Crippen MR) is 52.9 cm³/mol. The van der Waals surface area contributed by atoms with Crippen LogP contribution in [0.2, 0.25) is 0 Å². The van der Waals surface area contributed by atoms with Crippen LogP contribution in [0.15, 0.2) is 0 Å². The molecule has 0 aromatic heterocycles. The Morgan fingerprint density at radius 2 is 2.31 bits per heavy atom. The van der Waals surface area contributed by atoms with E-state index in [2.05, 4.69) is 10.2 Å². The van der Waals surface area contributed by atoms with Crippen LogP contribution >= 0.6 is 0 Å². The summed E-state index contributed by atoms with van der Waals surface area (Å²) in [5.74, 6) is 0. The first-order valence-corrected chi connectivity index (χ1v) is 5.38. The molecule has 13 heavy (non-hydrogen) atoms. The Labute approximate surface area is 80.4 Å². The molecule has 0 amide bonds. The summed E-state index contributed by atoms with van der Waals surface area (Å²) in [6, 6.07) is 1.56. The molecule has 76 valence electrons. The smallest absolute Gasteiger partial charge is 0.0587 e. The highest BCUT2D eigenvalue weighted by molar-refractivity contribution is 4.95. The van der Waals surface area contributed by atoms with Crippen LogP contribution in [0.25, 0.3) is 0 Å². The molecule has 0 spiro atoms. The molecule has 2 aliphatic rings. The molecule has 3 heteroatoms. The number of hydrogen-bond acceptors (Lipinski definition) is 3. The minimum atomic E-state index is 0.734. The van der Waals surface area contributed by atoms with Crippen molar-refractivity contribution < 1.29 is 4.74 Å². The molecule has 0 radical (unpaired) electrons. The molecule has 0 saturated carbocycles. The standard InChI is InChI=1S/C10H20N2O/c1-13-8-5-11-9-4-7-12-6-2-3-10(9)12/h9-11H,2-8H2,1H3. The van der Waals surface area contributed by atoms with E-state index in [4.69, 9.17) is 4.74 Å². The predicted octanol–water partition coefficient (Wildman–Crippen LogP) is 0.459. The van der Waals surface area contributed by atoms with Crippen molar-refractivity contribution in [2.45, 2.75) is 31.3 Å². The monoisotopic (exact) mass is 184 g/mol. The van der Waals surface area contributed by atoms with E-state index in [9.17, 15) is 0 Å². The molecule has 2 saturated heterocycles. The lowest BCUT2D eigenvalue weighted by Gasteiger charge is -2.21. The lowest BCUT2D eigenvalue weighted by Crippen LogP contribution is -2.40. The summed E-state index contributed by atoms with van der Waals surface area (Å²) in [7, 11) is 1.76. The molecule has 2 heterocycles. The number of fused-ring (bicyclic) bond motifs is 1. The van der Waals surface area contributed by atoms with Crippen LogP contribution in [0.5, 0.6) is 0 Å². The Morgan fingerprint density at radius 3 is 3.15 bits per heavy atom. The number of ether oxygens (including phenoxy) is 1. The fourth-order valence-electron chi connectivity index (χ4n) is 2.67. The second kappa shape index (κ2) is 4.40. The van der Waals surface area contributed by atoms with Crippen LogP contribution in [0.1, 0.15) is 19.3 Å². The van der Waals surface area contributed by atoms with Gasteiger partial charge < -0.3 is 10.1 Å². The summed E-state index contributed by atoms with van der Waals surface area (Å²) in [6.45, 7) is 4.47. The summed E-state index contributed by atoms with van der Waals surface area (Å²) < 4.78 is 5.04. The van der Waals surface area contributed by atoms with E-state index in [0.29, 0.717) is 0 Å². The van der Waals surface area contributed by atoms with Gasteiger partial charge in [-0.3, -0.25) is 4.90 Å². The quantitative estimate of drug-likeness (QED) is 0.642. The molecule has 2 fully saturated rings. The molecule has 0 aromatic carbocycles. The van der Waals surface area contributed by atoms with Crippen LogP contribution in [0.3, 0.4) is 0 Å². The number of methoxy groups -OCH3 is 1. The van der Waals surface area contributed by atoms with Gasteiger partial charge in [0.05, 0.1) is 6.61 Å². The highest BCUT2D eigenvalue weighted by atomic mass is 16.5. The van der Waals surface area contributed by atoms with Crippen molar-refractivity contribution in [1.29, 1.82) is 0 Å². The molecule has 2 rings (SSSR count). The van der Waals surface area contributed by atoms with Gasteiger partial charge in [-0.25, -0.2) is 0 Å². The third-order valence-electron chi connectivity index (χ3n) is 3.32. The van der Waals surface area contributed by atoms with Crippen molar-refractivity contribution in [3.63, 3.8) is 0 Å². The van der Waals surface area contributed by atoms with Crippen molar-refractivity contribution in [1.82, 2.24) is 10.2 Å². The van der Waals surface area contributed by atoms with Gasteiger partial charge in [-0.2, -0.15) is 0 Å². The summed E-state index contributed by atoms with van der Waals surface area (Å²) in [5.41, 5.74) is 0. The van der Waals surface area contributed by atoms with Crippen LogP contribution in [-0.4, -0.2) is 50.3 Å². The van der Waals surface area contributed by atoms with Crippen molar-refractivity contribution in [3.8, 4) is 0 Å². The zero-order valence-corrected chi connectivity index (χ0v) is 8.46. The SMILES string of the molecule is COCCNC1CCN2CCCC12. The Kier molecular flexibility index (Phi) is 3.19. The van der Waals surface area contributed by atoms with Gasteiger partial charge in [-0.15, -0.1) is 0 Å². The molecule has 2 atom stereocenters. The Hall–Kier alpha value is -0.120.